The highest BCUT2D eigenvalue weighted by Crippen LogP contribution is 2.30. The van der Waals surface area contributed by atoms with Crippen molar-refractivity contribution in [3.63, 3.8) is 0 Å². The van der Waals surface area contributed by atoms with Gasteiger partial charge in [0, 0.05) is 41.1 Å². The maximum absolute atomic E-state index is 13.7. The number of aromatic nitrogens is 5. The van der Waals surface area contributed by atoms with Crippen LogP contribution in [0.4, 0.5) is 11.4 Å². The average molecular weight is 599 g/mol. The van der Waals surface area contributed by atoms with E-state index in [1.165, 1.54) is 26.9 Å². The third kappa shape index (κ3) is 5.53. The number of nitrogens with one attached hydrogen (secondary N) is 2. The van der Waals surface area contributed by atoms with Crippen molar-refractivity contribution in [1.82, 2.24) is 30.1 Å². The summed E-state index contributed by atoms with van der Waals surface area (Å²) in [5.74, 6) is -3.28. The number of hydrogen-bond donors (Lipinski definition) is 3. The number of fused-ring (bicyclic) bond motifs is 1. The summed E-state index contributed by atoms with van der Waals surface area (Å²) in [6, 6.07) is 19.4. The SMILES string of the molecule is O=C(O)c1cc2cc(NC(=O)[C@H](Cc3ccccc3)N3CCN(c4cc(Cl)ccc4-n4cnnn4)C(=O)C3=O)ccc2[nH]1. The maximum atomic E-state index is 13.7. The van der Waals surface area contributed by atoms with E-state index in [4.69, 9.17) is 11.6 Å². The first-order chi connectivity index (χ1) is 20.8. The molecule has 0 saturated carbocycles. The maximum Gasteiger partial charge on any atom is 0.352 e. The van der Waals surface area contributed by atoms with Crippen LogP contribution in [0, 0.1) is 0 Å². The molecule has 6 rings (SSSR count). The summed E-state index contributed by atoms with van der Waals surface area (Å²) < 4.78 is 1.36. The Balaban J connectivity index is 1.28. The van der Waals surface area contributed by atoms with Crippen LogP contribution in [-0.4, -0.2) is 78.0 Å². The Kier molecular flexibility index (Phi) is 7.30. The molecule has 43 heavy (non-hydrogen) atoms. The lowest BCUT2D eigenvalue weighted by Crippen LogP contribution is -2.60. The Morgan fingerprint density at radius 1 is 0.977 bits per heavy atom. The van der Waals surface area contributed by atoms with Crippen LogP contribution in [0.2, 0.25) is 5.02 Å². The van der Waals surface area contributed by atoms with Gasteiger partial charge in [-0.05, 0) is 58.5 Å². The predicted octanol–water partition coefficient (Wildman–Crippen LogP) is 2.92. The number of aromatic amines is 1. The fourth-order valence-corrected chi connectivity index (χ4v) is 5.25. The van der Waals surface area contributed by atoms with Crippen molar-refractivity contribution in [3.8, 4) is 5.69 Å². The minimum absolute atomic E-state index is 0.0188. The van der Waals surface area contributed by atoms with Crippen LogP contribution in [0.1, 0.15) is 16.1 Å². The number of aromatic carboxylic acids is 1. The van der Waals surface area contributed by atoms with Gasteiger partial charge in [-0.3, -0.25) is 14.4 Å². The molecule has 1 saturated heterocycles. The van der Waals surface area contributed by atoms with Gasteiger partial charge in [-0.1, -0.05) is 41.9 Å². The normalized spacial score (nSPS) is 14.3. The summed E-state index contributed by atoms with van der Waals surface area (Å²) in [7, 11) is 0. The van der Waals surface area contributed by atoms with Crippen LogP contribution in [0.5, 0.6) is 0 Å². The average Bonchev–Trinajstić information content (AvgIpc) is 3.69. The summed E-state index contributed by atoms with van der Waals surface area (Å²) in [6.07, 6.45) is 1.52. The van der Waals surface area contributed by atoms with Crippen LogP contribution < -0.4 is 10.2 Å². The van der Waals surface area contributed by atoms with Gasteiger partial charge in [0.25, 0.3) is 0 Å². The summed E-state index contributed by atoms with van der Waals surface area (Å²) in [6.45, 7) is 0.155. The fraction of sp³-hybridized carbons (Fsp3) is 0.138. The lowest BCUT2D eigenvalue weighted by atomic mass is 10.0. The van der Waals surface area contributed by atoms with Crippen molar-refractivity contribution in [2.24, 2.45) is 0 Å². The van der Waals surface area contributed by atoms with E-state index in [1.54, 1.807) is 36.4 Å². The highest BCUT2D eigenvalue weighted by molar-refractivity contribution is 6.41. The van der Waals surface area contributed by atoms with E-state index >= 15 is 0 Å². The molecule has 0 bridgehead atoms. The Morgan fingerprint density at radius 2 is 1.79 bits per heavy atom. The molecular formula is C29H23ClN8O5. The Labute approximate surface area is 248 Å². The predicted molar refractivity (Wildman–Crippen MR) is 156 cm³/mol. The van der Waals surface area contributed by atoms with Gasteiger partial charge in [0.15, 0.2) is 0 Å². The number of benzene rings is 3. The number of H-pyrrole nitrogens is 1. The molecular weight excluding hydrogens is 576 g/mol. The van der Waals surface area contributed by atoms with E-state index in [2.05, 4.69) is 25.8 Å². The number of halogens is 1. The molecule has 0 unspecified atom stereocenters. The van der Waals surface area contributed by atoms with Gasteiger partial charge < -0.3 is 25.2 Å². The minimum Gasteiger partial charge on any atom is -0.477 e. The van der Waals surface area contributed by atoms with Gasteiger partial charge in [-0.25, -0.2) is 4.79 Å². The van der Waals surface area contributed by atoms with Gasteiger partial charge in [-0.15, -0.1) is 5.10 Å². The molecule has 1 fully saturated rings. The molecule has 5 aromatic rings. The smallest absolute Gasteiger partial charge is 0.352 e. The number of carboxylic acids is 1. The first kappa shape index (κ1) is 27.6. The molecule has 14 heteroatoms. The van der Waals surface area contributed by atoms with E-state index in [1.807, 2.05) is 30.3 Å². The van der Waals surface area contributed by atoms with Gasteiger partial charge in [-0.2, -0.15) is 4.68 Å². The molecule has 216 valence electrons. The van der Waals surface area contributed by atoms with Crippen molar-refractivity contribution in [2.75, 3.05) is 23.3 Å². The lowest BCUT2D eigenvalue weighted by molar-refractivity contribution is -0.149. The van der Waals surface area contributed by atoms with Crippen molar-refractivity contribution < 1.29 is 24.3 Å². The number of tetrazole rings is 1. The van der Waals surface area contributed by atoms with Crippen LogP contribution in [0.3, 0.4) is 0 Å². The van der Waals surface area contributed by atoms with Crippen molar-refractivity contribution in [2.45, 2.75) is 12.5 Å². The van der Waals surface area contributed by atoms with Gasteiger partial charge in [0.05, 0.1) is 11.4 Å². The first-order valence-corrected chi connectivity index (χ1v) is 13.5. The van der Waals surface area contributed by atoms with E-state index in [9.17, 15) is 24.3 Å². The van der Waals surface area contributed by atoms with Crippen LogP contribution in [-0.2, 0) is 20.8 Å². The van der Waals surface area contributed by atoms with Gasteiger partial charge in [0.2, 0.25) is 5.91 Å². The largest absolute Gasteiger partial charge is 0.477 e. The molecule has 0 spiro atoms. The van der Waals surface area contributed by atoms with Crippen LogP contribution in [0.25, 0.3) is 16.6 Å². The number of anilines is 2. The third-order valence-corrected chi connectivity index (χ3v) is 7.38. The molecule has 3 heterocycles. The molecule has 1 aliphatic rings. The Bertz CT molecular complexity index is 1860. The molecule has 0 radical (unpaired) electrons. The van der Waals surface area contributed by atoms with Gasteiger partial charge in [0.1, 0.15) is 18.1 Å². The number of piperazine rings is 1. The minimum atomic E-state index is -1.10. The zero-order valence-corrected chi connectivity index (χ0v) is 23.1. The van der Waals surface area contributed by atoms with E-state index in [0.29, 0.717) is 33.0 Å². The van der Waals surface area contributed by atoms with Gasteiger partial charge >= 0.3 is 17.8 Å². The number of carbonyl (C=O) groups excluding carboxylic acids is 3. The standard InChI is InChI=1S/C29H23ClN8O5/c30-19-6-9-23(38-16-31-34-35-38)24(15-19)36-10-11-37(28(41)27(36)40)25(12-17-4-2-1-3-5-17)26(39)32-20-7-8-21-18(13-20)14-22(33-21)29(42)43/h1-9,13-16,25,33H,10-12H2,(H,32,39)(H,42,43)/t25-/m0/s1. The zero-order chi connectivity index (χ0) is 30.1. The first-order valence-electron chi connectivity index (χ1n) is 13.1. The monoisotopic (exact) mass is 598 g/mol. The number of amides is 3. The summed E-state index contributed by atoms with van der Waals surface area (Å²) >= 11 is 6.24. The molecule has 1 aliphatic heterocycles. The third-order valence-electron chi connectivity index (χ3n) is 7.15. The quantitative estimate of drug-likeness (QED) is 0.229. The van der Waals surface area contributed by atoms with E-state index in [0.717, 1.165) is 5.56 Å². The summed E-state index contributed by atoms with van der Waals surface area (Å²) in [4.78, 5) is 57.7. The second-order valence-corrected chi connectivity index (χ2v) is 10.3. The van der Waals surface area contributed by atoms with Crippen LogP contribution >= 0.6 is 11.6 Å². The highest BCUT2D eigenvalue weighted by Gasteiger charge is 2.40. The number of hydrogen-bond acceptors (Lipinski definition) is 7. The molecule has 2 aromatic heterocycles. The number of rotatable bonds is 8. The molecule has 3 amide bonds. The summed E-state index contributed by atoms with van der Waals surface area (Å²) in [5, 5.41) is 24.3. The number of carboxylic acid groups (broad SMARTS) is 1. The molecule has 3 aromatic carbocycles. The fourth-order valence-electron chi connectivity index (χ4n) is 5.09. The number of nitrogens with zero attached hydrogens (tertiary/aromatic N) is 6. The molecule has 13 nitrogen and oxygen atoms in total. The topological polar surface area (TPSA) is 166 Å². The number of carbonyl (C=O) groups is 4. The Hall–Kier alpha value is -5.56. The highest BCUT2D eigenvalue weighted by atomic mass is 35.5. The second-order valence-electron chi connectivity index (χ2n) is 9.83. The summed E-state index contributed by atoms with van der Waals surface area (Å²) in [5.41, 5.74) is 2.62. The molecule has 1 atom stereocenters. The Morgan fingerprint density at radius 3 is 2.53 bits per heavy atom. The van der Waals surface area contributed by atoms with Crippen molar-refractivity contribution >= 4 is 57.6 Å². The van der Waals surface area contributed by atoms with Crippen molar-refractivity contribution in [1.29, 1.82) is 0 Å². The van der Waals surface area contributed by atoms with E-state index in [-0.39, 0.29) is 25.2 Å². The van der Waals surface area contributed by atoms with Crippen LogP contribution in [0.15, 0.2) is 79.1 Å². The van der Waals surface area contributed by atoms with Crippen molar-refractivity contribution in [3.05, 3.63) is 95.4 Å². The molecule has 3 N–H and O–H groups in total. The van der Waals surface area contributed by atoms with E-state index < -0.39 is 29.7 Å². The zero-order valence-electron chi connectivity index (χ0n) is 22.3. The lowest BCUT2D eigenvalue weighted by Gasteiger charge is -2.38. The second kappa shape index (κ2) is 11.4. The molecule has 0 aliphatic carbocycles.